The zero-order valence-electron chi connectivity index (χ0n) is 16.5. The van der Waals surface area contributed by atoms with Crippen molar-refractivity contribution in [1.82, 2.24) is 20.1 Å². The Morgan fingerprint density at radius 3 is 2.69 bits per heavy atom. The Hall–Kier alpha value is -3.15. The average molecular weight is 388 g/mol. The Labute approximate surface area is 169 Å². The third-order valence-electron chi connectivity index (χ3n) is 5.95. The Bertz CT molecular complexity index is 1040. The van der Waals surface area contributed by atoms with Crippen molar-refractivity contribution in [3.05, 3.63) is 65.2 Å². The van der Waals surface area contributed by atoms with Crippen molar-refractivity contribution in [2.24, 2.45) is 0 Å². The summed E-state index contributed by atoms with van der Waals surface area (Å²) in [4.78, 5) is 19.2. The van der Waals surface area contributed by atoms with E-state index in [4.69, 9.17) is 4.74 Å². The number of carbonyl (C=O) groups excluding carboxylic acids is 1. The summed E-state index contributed by atoms with van der Waals surface area (Å²) in [7, 11) is 1.64. The smallest absolute Gasteiger partial charge is 0.253 e. The molecule has 3 heterocycles. The summed E-state index contributed by atoms with van der Waals surface area (Å²) in [5, 5.41) is 7.76. The van der Waals surface area contributed by atoms with Gasteiger partial charge in [-0.2, -0.15) is 5.10 Å². The SMILES string of the molecule is COc1cnccc1-c1ccc(C(=O)N2CCc3[nH]nc(C4CC4)c3CC2)cc1. The second-order valence-corrected chi connectivity index (χ2v) is 7.79. The number of hydrogen-bond acceptors (Lipinski definition) is 4. The van der Waals surface area contributed by atoms with E-state index in [2.05, 4.69) is 15.2 Å². The number of benzene rings is 1. The number of pyridine rings is 1. The number of amides is 1. The molecule has 0 saturated heterocycles. The molecule has 0 radical (unpaired) electrons. The molecule has 2 aliphatic rings. The number of methoxy groups -OCH3 is 1. The van der Waals surface area contributed by atoms with E-state index in [1.54, 1.807) is 19.5 Å². The standard InChI is InChI=1S/C23H24N4O2/c1-29-21-14-24-11-8-18(21)15-2-6-17(7-3-15)23(28)27-12-9-19-20(10-13-27)25-26-22(19)16-4-5-16/h2-3,6-8,11,14,16H,4-5,9-10,12-13H2,1H3,(H,25,26). The van der Waals surface area contributed by atoms with Crippen molar-refractivity contribution >= 4 is 5.91 Å². The monoisotopic (exact) mass is 388 g/mol. The number of carbonyl (C=O) groups is 1. The topological polar surface area (TPSA) is 71.1 Å². The van der Waals surface area contributed by atoms with E-state index in [0.29, 0.717) is 11.5 Å². The van der Waals surface area contributed by atoms with Crippen LogP contribution in [0.4, 0.5) is 0 Å². The number of H-pyrrole nitrogens is 1. The van der Waals surface area contributed by atoms with E-state index in [9.17, 15) is 4.79 Å². The van der Waals surface area contributed by atoms with Gasteiger partial charge in [0.25, 0.3) is 5.91 Å². The van der Waals surface area contributed by atoms with E-state index < -0.39 is 0 Å². The van der Waals surface area contributed by atoms with Gasteiger partial charge in [0.1, 0.15) is 5.75 Å². The van der Waals surface area contributed by atoms with Gasteiger partial charge in [-0.3, -0.25) is 14.9 Å². The average Bonchev–Trinajstić information content (AvgIpc) is 3.57. The number of nitrogens with zero attached hydrogens (tertiary/aromatic N) is 3. The molecule has 1 saturated carbocycles. The summed E-state index contributed by atoms with van der Waals surface area (Å²) in [6.45, 7) is 1.46. The van der Waals surface area contributed by atoms with Gasteiger partial charge in [-0.15, -0.1) is 0 Å². The van der Waals surface area contributed by atoms with Crippen LogP contribution in [0.5, 0.6) is 5.75 Å². The molecular formula is C23H24N4O2. The Balaban J connectivity index is 1.32. The highest BCUT2D eigenvalue weighted by molar-refractivity contribution is 5.95. The highest BCUT2D eigenvalue weighted by Crippen LogP contribution is 2.41. The van der Waals surface area contributed by atoms with Gasteiger partial charge in [0.15, 0.2) is 0 Å². The Kier molecular flexibility index (Phi) is 4.54. The molecule has 1 aliphatic carbocycles. The minimum Gasteiger partial charge on any atom is -0.494 e. The molecule has 3 aromatic rings. The van der Waals surface area contributed by atoms with Crippen LogP contribution in [0.2, 0.25) is 0 Å². The molecule has 6 heteroatoms. The van der Waals surface area contributed by atoms with Crippen LogP contribution >= 0.6 is 0 Å². The summed E-state index contributed by atoms with van der Waals surface area (Å²) in [5.74, 6) is 1.44. The zero-order valence-corrected chi connectivity index (χ0v) is 16.5. The Morgan fingerprint density at radius 2 is 1.93 bits per heavy atom. The van der Waals surface area contributed by atoms with Crippen molar-refractivity contribution in [1.29, 1.82) is 0 Å². The maximum absolute atomic E-state index is 13.1. The summed E-state index contributed by atoms with van der Waals surface area (Å²) < 4.78 is 5.39. The number of fused-ring (bicyclic) bond motifs is 1. The molecule has 29 heavy (non-hydrogen) atoms. The molecule has 0 bridgehead atoms. The lowest BCUT2D eigenvalue weighted by atomic mass is 10.0. The first kappa shape index (κ1) is 17.9. The van der Waals surface area contributed by atoms with Gasteiger partial charge < -0.3 is 9.64 Å². The van der Waals surface area contributed by atoms with Crippen molar-refractivity contribution in [3.8, 4) is 16.9 Å². The highest BCUT2D eigenvalue weighted by atomic mass is 16.5. The van der Waals surface area contributed by atoms with Crippen LogP contribution in [0.3, 0.4) is 0 Å². The first-order chi connectivity index (χ1) is 14.2. The van der Waals surface area contributed by atoms with Crippen LogP contribution < -0.4 is 4.74 Å². The second kappa shape index (κ2) is 7.35. The van der Waals surface area contributed by atoms with Crippen LogP contribution in [-0.2, 0) is 12.8 Å². The first-order valence-electron chi connectivity index (χ1n) is 10.2. The van der Waals surface area contributed by atoms with Gasteiger partial charge >= 0.3 is 0 Å². The number of hydrogen-bond donors (Lipinski definition) is 1. The molecule has 1 N–H and O–H groups in total. The van der Waals surface area contributed by atoms with Crippen molar-refractivity contribution in [2.45, 2.75) is 31.6 Å². The number of ether oxygens (including phenoxy) is 1. The normalized spacial score (nSPS) is 16.2. The maximum atomic E-state index is 13.1. The molecule has 0 spiro atoms. The molecule has 1 fully saturated rings. The largest absolute Gasteiger partial charge is 0.494 e. The maximum Gasteiger partial charge on any atom is 0.253 e. The fourth-order valence-electron chi connectivity index (χ4n) is 4.16. The minimum atomic E-state index is 0.0873. The molecule has 1 amide bonds. The van der Waals surface area contributed by atoms with Gasteiger partial charge in [0.05, 0.1) is 19.0 Å². The van der Waals surface area contributed by atoms with E-state index in [1.807, 2.05) is 35.2 Å². The number of aromatic amines is 1. The number of rotatable bonds is 4. The van der Waals surface area contributed by atoms with Crippen LogP contribution in [0, 0.1) is 0 Å². The predicted molar refractivity (Wildman–Crippen MR) is 110 cm³/mol. The fourth-order valence-corrected chi connectivity index (χ4v) is 4.16. The van der Waals surface area contributed by atoms with Gasteiger partial charge in [0, 0.05) is 48.4 Å². The molecule has 6 nitrogen and oxygen atoms in total. The lowest BCUT2D eigenvalue weighted by Gasteiger charge is -2.20. The number of aromatic nitrogens is 3. The van der Waals surface area contributed by atoms with E-state index in [0.717, 1.165) is 42.8 Å². The summed E-state index contributed by atoms with van der Waals surface area (Å²) in [6, 6.07) is 9.67. The summed E-state index contributed by atoms with van der Waals surface area (Å²) >= 11 is 0. The first-order valence-corrected chi connectivity index (χ1v) is 10.2. The van der Waals surface area contributed by atoms with Gasteiger partial charge in [-0.1, -0.05) is 12.1 Å². The van der Waals surface area contributed by atoms with Crippen LogP contribution in [0.15, 0.2) is 42.7 Å². The Morgan fingerprint density at radius 1 is 1.14 bits per heavy atom. The zero-order chi connectivity index (χ0) is 19.8. The fraction of sp³-hybridized carbons (Fsp3) is 0.348. The van der Waals surface area contributed by atoms with Crippen LogP contribution in [-0.4, -0.2) is 46.2 Å². The molecule has 1 aliphatic heterocycles. The molecule has 1 aromatic carbocycles. The molecule has 0 unspecified atom stereocenters. The van der Waals surface area contributed by atoms with E-state index in [1.165, 1.54) is 29.8 Å². The summed E-state index contributed by atoms with van der Waals surface area (Å²) in [5.41, 5.74) is 6.49. The highest BCUT2D eigenvalue weighted by Gasteiger charge is 2.31. The van der Waals surface area contributed by atoms with Crippen molar-refractivity contribution in [3.63, 3.8) is 0 Å². The minimum absolute atomic E-state index is 0.0873. The predicted octanol–water partition coefficient (Wildman–Crippen LogP) is 3.60. The molecular weight excluding hydrogens is 364 g/mol. The van der Waals surface area contributed by atoms with Gasteiger partial charge in [-0.05, 0) is 48.6 Å². The molecule has 0 atom stereocenters. The van der Waals surface area contributed by atoms with Crippen molar-refractivity contribution < 1.29 is 9.53 Å². The molecule has 2 aromatic heterocycles. The number of nitrogens with one attached hydrogen (secondary N) is 1. The van der Waals surface area contributed by atoms with E-state index >= 15 is 0 Å². The van der Waals surface area contributed by atoms with Gasteiger partial charge in [0.2, 0.25) is 0 Å². The van der Waals surface area contributed by atoms with E-state index in [-0.39, 0.29) is 5.91 Å². The lowest BCUT2D eigenvalue weighted by Crippen LogP contribution is -2.33. The molecule has 5 rings (SSSR count). The third-order valence-corrected chi connectivity index (χ3v) is 5.95. The molecule has 148 valence electrons. The van der Waals surface area contributed by atoms with Gasteiger partial charge in [-0.25, -0.2) is 0 Å². The summed E-state index contributed by atoms with van der Waals surface area (Å²) in [6.07, 6.45) is 7.66. The van der Waals surface area contributed by atoms with Crippen LogP contribution in [0.25, 0.3) is 11.1 Å². The van der Waals surface area contributed by atoms with Crippen LogP contribution in [0.1, 0.15) is 46.1 Å². The quantitative estimate of drug-likeness (QED) is 0.741. The second-order valence-electron chi connectivity index (χ2n) is 7.79. The van der Waals surface area contributed by atoms with Crippen molar-refractivity contribution in [2.75, 3.05) is 20.2 Å². The third kappa shape index (κ3) is 3.39. The lowest BCUT2D eigenvalue weighted by molar-refractivity contribution is 0.0762.